The molecule has 0 spiro atoms. The molecule has 0 heterocycles. The molecule has 0 aliphatic carbocycles. The first-order chi connectivity index (χ1) is 6.15. The van der Waals surface area contributed by atoms with Crippen molar-refractivity contribution in [2.75, 3.05) is 0 Å². The molecule has 0 aromatic heterocycles. The highest BCUT2D eigenvalue weighted by Gasteiger charge is 2.04. The van der Waals surface area contributed by atoms with E-state index in [9.17, 15) is 9.18 Å². The highest BCUT2D eigenvalue weighted by Crippen LogP contribution is 2.16. The number of hydrogen-bond donors (Lipinski definition) is 0. The van der Waals surface area contributed by atoms with E-state index in [0.717, 1.165) is 0 Å². The van der Waals surface area contributed by atoms with Gasteiger partial charge in [0.2, 0.25) is 0 Å². The van der Waals surface area contributed by atoms with E-state index in [0.29, 0.717) is 10.0 Å². The van der Waals surface area contributed by atoms with Crippen LogP contribution in [-0.4, -0.2) is 5.78 Å². The predicted molar refractivity (Wildman–Crippen MR) is 53.2 cm³/mol. The van der Waals surface area contributed by atoms with Gasteiger partial charge < -0.3 is 0 Å². The van der Waals surface area contributed by atoms with Crippen molar-refractivity contribution in [2.24, 2.45) is 0 Å². The largest absolute Gasteiger partial charge is 0.289 e. The second kappa shape index (κ2) is 4.33. The topological polar surface area (TPSA) is 17.1 Å². The molecule has 0 aliphatic heterocycles. The first kappa shape index (κ1) is 10.1. The Hall–Kier alpha value is -0.960. The quantitative estimate of drug-likeness (QED) is 0.575. The van der Waals surface area contributed by atoms with Crippen LogP contribution in [-0.2, 0) is 0 Å². The molecule has 0 saturated heterocycles. The van der Waals surface area contributed by atoms with Crippen molar-refractivity contribution < 1.29 is 9.18 Å². The Bertz CT molecular complexity index is 358. The van der Waals surface area contributed by atoms with Gasteiger partial charge in [-0.3, -0.25) is 4.79 Å². The fraction of sp³-hybridized carbons (Fsp3) is 0.100. The average Bonchev–Trinajstić information content (AvgIpc) is 2.10. The monoisotopic (exact) mass is 242 g/mol. The summed E-state index contributed by atoms with van der Waals surface area (Å²) < 4.78 is 13.3. The Balaban J connectivity index is 3.04. The Labute approximate surface area is 84.4 Å². The zero-order valence-corrected chi connectivity index (χ0v) is 8.64. The number of allylic oxidation sites excluding steroid dienone is 2. The number of carbonyl (C=O) groups excluding carboxylic acids is 1. The maximum Gasteiger partial charge on any atom is 0.185 e. The first-order valence-corrected chi connectivity index (χ1v) is 4.56. The highest BCUT2D eigenvalue weighted by atomic mass is 79.9. The van der Waals surface area contributed by atoms with E-state index in [4.69, 9.17) is 0 Å². The molecule has 0 saturated carbocycles. The van der Waals surface area contributed by atoms with Crippen LogP contribution in [0.25, 0.3) is 0 Å². The van der Waals surface area contributed by atoms with E-state index >= 15 is 0 Å². The van der Waals surface area contributed by atoms with Gasteiger partial charge in [0.25, 0.3) is 0 Å². The Morgan fingerprint density at radius 3 is 2.77 bits per heavy atom. The molecule has 0 N–H and O–H groups in total. The van der Waals surface area contributed by atoms with Gasteiger partial charge in [0.15, 0.2) is 5.78 Å². The molecular formula is C10H8BrFO. The Morgan fingerprint density at radius 1 is 1.54 bits per heavy atom. The number of rotatable bonds is 2. The van der Waals surface area contributed by atoms with E-state index in [1.54, 1.807) is 19.1 Å². The molecule has 0 unspecified atom stereocenters. The van der Waals surface area contributed by atoms with E-state index in [1.165, 1.54) is 18.2 Å². The van der Waals surface area contributed by atoms with Gasteiger partial charge in [-0.2, -0.15) is 0 Å². The minimum atomic E-state index is -0.421. The van der Waals surface area contributed by atoms with Crippen LogP contribution < -0.4 is 0 Å². The molecule has 0 atom stereocenters. The molecule has 0 aliphatic rings. The van der Waals surface area contributed by atoms with Gasteiger partial charge >= 0.3 is 0 Å². The lowest BCUT2D eigenvalue weighted by molar-refractivity contribution is 0.104. The lowest BCUT2D eigenvalue weighted by Crippen LogP contribution is -1.94. The molecule has 1 rings (SSSR count). The van der Waals surface area contributed by atoms with Crippen LogP contribution in [0.3, 0.4) is 0 Å². The van der Waals surface area contributed by atoms with Crippen LogP contribution in [0.5, 0.6) is 0 Å². The molecule has 1 nitrogen and oxygen atoms in total. The van der Waals surface area contributed by atoms with Gasteiger partial charge in [-0.25, -0.2) is 4.39 Å². The molecule has 0 fully saturated rings. The normalized spacial score (nSPS) is 10.7. The van der Waals surface area contributed by atoms with Gasteiger partial charge in [-0.05, 0) is 47.1 Å². The van der Waals surface area contributed by atoms with Crippen LogP contribution in [0, 0.1) is 5.82 Å². The van der Waals surface area contributed by atoms with Crippen molar-refractivity contribution >= 4 is 21.7 Å². The average molecular weight is 243 g/mol. The van der Waals surface area contributed by atoms with Crippen molar-refractivity contribution in [3.8, 4) is 0 Å². The fourth-order valence-electron chi connectivity index (χ4n) is 0.897. The zero-order chi connectivity index (χ0) is 9.84. The summed E-state index contributed by atoms with van der Waals surface area (Å²) in [6.07, 6.45) is 3.03. The molecule has 3 heteroatoms. The van der Waals surface area contributed by atoms with Gasteiger partial charge in [0.1, 0.15) is 5.82 Å². The Morgan fingerprint density at radius 2 is 2.23 bits per heavy atom. The predicted octanol–water partition coefficient (Wildman–Crippen LogP) is 3.35. The van der Waals surface area contributed by atoms with E-state index in [-0.39, 0.29) is 5.78 Å². The van der Waals surface area contributed by atoms with Gasteiger partial charge in [-0.1, -0.05) is 6.08 Å². The van der Waals surface area contributed by atoms with Gasteiger partial charge in [-0.15, -0.1) is 0 Å². The van der Waals surface area contributed by atoms with Crippen molar-refractivity contribution in [3.63, 3.8) is 0 Å². The molecular weight excluding hydrogens is 235 g/mol. The lowest BCUT2D eigenvalue weighted by atomic mass is 10.1. The summed E-state index contributed by atoms with van der Waals surface area (Å²) in [5.74, 6) is -0.607. The van der Waals surface area contributed by atoms with Crippen molar-refractivity contribution in [1.29, 1.82) is 0 Å². The van der Waals surface area contributed by atoms with E-state index < -0.39 is 5.82 Å². The molecule has 0 radical (unpaired) electrons. The summed E-state index contributed by atoms with van der Waals surface area (Å²) in [4.78, 5) is 11.2. The van der Waals surface area contributed by atoms with E-state index in [2.05, 4.69) is 15.9 Å². The number of benzene rings is 1. The molecule has 68 valence electrons. The number of halogens is 2. The maximum absolute atomic E-state index is 13.0. The van der Waals surface area contributed by atoms with Crippen LogP contribution in [0.1, 0.15) is 17.3 Å². The third-order valence-corrected chi connectivity index (χ3v) is 2.17. The van der Waals surface area contributed by atoms with Crippen LogP contribution in [0.2, 0.25) is 0 Å². The number of hydrogen-bond acceptors (Lipinski definition) is 1. The summed E-state index contributed by atoms with van der Waals surface area (Å²) in [5.41, 5.74) is 0.360. The standard InChI is InChI=1S/C10H8BrFO/c1-2-3-10(13)7-4-5-8(11)9(12)6-7/h2-6H,1H3/b3-2+. The summed E-state index contributed by atoms with van der Waals surface area (Å²) in [5, 5.41) is 0. The third-order valence-electron chi connectivity index (χ3n) is 1.52. The summed E-state index contributed by atoms with van der Waals surface area (Å²) in [6.45, 7) is 1.74. The summed E-state index contributed by atoms with van der Waals surface area (Å²) in [6, 6.07) is 4.31. The SMILES string of the molecule is C/C=C/C(=O)c1ccc(Br)c(F)c1. The molecule has 1 aromatic rings. The minimum Gasteiger partial charge on any atom is -0.289 e. The van der Waals surface area contributed by atoms with Crippen LogP contribution in [0.15, 0.2) is 34.8 Å². The minimum absolute atomic E-state index is 0.186. The van der Waals surface area contributed by atoms with Crippen molar-refractivity contribution in [2.45, 2.75) is 6.92 Å². The molecule has 13 heavy (non-hydrogen) atoms. The van der Waals surface area contributed by atoms with Crippen LogP contribution in [0.4, 0.5) is 4.39 Å². The smallest absolute Gasteiger partial charge is 0.185 e. The second-order valence-corrected chi connectivity index (χ2v) is 3.35. The number of ketones is 1. The zero-order valence-electron chi connectivity index (χ0n) is 7.05. The molecule has 1 aromatic carbocycles. The van der Waals surface area contributed by atoms with Gasteiger partial charge in [0.05, 0.1) is 4.47 Å². The highest BCUT2D eigenvalue weighted by molar-refractivity contribution is 9.10. The van der Waals surface area contributed by atoms with Gasteiger partial charge in [0, 0.05) is 5.56 Å². The van der Waals surface area contributed by atoms with Crippen molar-refractivity contribution in [1.82, 2.24) is 0 Å². The molecule has 0 bridgehead atoms. The lowest BCUT2D eigenvalue weighted by Gasteiger charge is -1.97. The van der Waals surface area contributed by atoms with Crippen molar-refractivity contribution in [3.05, 3.63) is 46.2 Å². The fourth-order valence-corrected chi connectivity index (χ4v) is 1.14. The number of carbonyl (C=O) groups is 1. The summed E-state index contributed by atoms with van der Waals surface area (Å²) in [7, 11) is 0. The second-order valence-electron chi connectivity index (χ2n) is 2.49. The first-order valence-electron chi connectivity index (χ1n) is 3.77. The maximum atomic E-state index is 13.0. The summed E-state index contributed by atoms with van der Waals surface area (Å²) >= 11 is 3.01. The molecule has 0 amide bonds. The van der Waals surface area contributed by atoms with E-state index in [1.807, 2.05) is 0 Å². The Kier molecular flexibility index (Phi) is 3.37. The van der Waals surface area contributed by atoms with Crippen LogP contribution >= 0.6 is 15.9 Å². The third kappa shape index (κ3) is 2.49.